The molecule has 2 unspecified atom stereocenters. The van der Waals surface area contributed by atoms with E-state index in [1.165, 1.54) is 12.1 Å². The van der Waals surface area contributed by atoms with E-state index >= 15 is 0 Å². The van der Waals surface area contributed by atoms with Crippen LogP contribution in [0.2, 0.25) is 0 Å². The minimum absolute atomic E-state index is 0. The van der Waals surface area contributed by atoms with Crippen LogP contribution >= 0.6 is 12.4 Å². The van der Waals surface area contributed by atoms with Crippen molar-refractivity contribution in [2.45, 2.75) is 12.3 Å². The van der Waals surface area contributed by atoms with Crippen molar-refractivity contribution in [1.82, 2.24) is 10.6 Å². The van der Waals surface area contributed by atoms with Crippen LogP contribution in [0.1, 0.15) is 17.9 Å². The molecule has 1 amide bonds. The maximum absolute atomic E-state index is 13.6. The van der Waals surface area contributed by atoms with Crippen LogP contribution in [0, 0.1) is 23.5 Å². The van der Waals surface area contributed by atoms with Crippen LogP contribution in [0.4, 0.5) is 8.78 Å². The molecule has 1 saturated heterocycles. The van der Waals surface area contributed by atoms with Gasteiger partial charge in [0.05, 0.1) is 0 Å². The average molecular weight is 303 g/mol. The number of halogens is 3. The summed E-state index contributed by atoms with van der Waals surface area (Å²) in [7, 11) is 0. The van der Waals surface area contributed by atoms with E-state index in [9.17, 15) is 13.6 Å². The molecule has 3 nitrogen and oxygen atoms in total. The van der Waals surface area contributed by atoms with Crippen molar-refractivity contribution in [2.24, 2.45) is 11.8 Å². The summed E-state index contributed by atoms with van der Waals surface area (Å²) in [6.07, 6.45) is 0.650. The SMILES string of the molecule is Cl.O=C(NCC1CNC1)C1CC1c1ccc(F)cc1F. The summed E-state index contributed by atoms with van der Waals surface area (Å²) in [6, 6.07) is 3.56. The highest BCUT2D eigenvalue weighted by atomic mass is 35.5. The largest absolute Gasteiger partial charge is 0.355 e. The van der Waals surface area contributed by atoms with Gasteiger partial charge in [0.1, 0.15) is 11.6 Å². The van der Waals surface area contributed by atoms with Crippen LogP contribution in [-0.2, 0) is 4.79 Å². The Morgan fingerprint density at radius 3 is 2.70 bits per heavy atom. The number of benzene rings is 1. The fourth-order valence-electron chi connectivity index (χ4n) is 2.50. The van der Waals surface area contributed by atoms with E-state index in [1.54, 1.807) is 0 Å². The fraction of sp³-hybridized carbons (Fsp3) is 0.500. The monoisotopic (exact) mass is 302 g/mol. The Kier molecular flexibility index (Phi) is 4.60. The van der Waals surface area contributed by atoms with Gasteiger partial charge < -0.3 is 10.6 Å². The van der Waals surface area contributed by atoms with Gasteiger partial charge in [0.2, 0.25) is 5.91 Å². The van der Waals surface area contributed by atoms with Gasteiger partial charge in [-0.05, 0) is 24.0 Å². The fourth-order valence-corrected chi connectivity index (χ4v) is 2.50. The van der Waals surface area contributed by atoms with Crippen molar-refractivity contribution >= 4 is 18.3 Å². The van der Waals surface area contributed by atoms with Crippen molar-refractivity contribution in [3.63, 3.8) is 0 Å². The van der Waals surface area contributed by atoms with Gasteiger partial charge in [-0.15, -0.1) is 12.4 Å². The third-order valence-corrected chi connectivity index (χ3v) is 3.92. The molecule has 1 aromatic rings. The Morgan fingerprint density at radius 2 is 2.10 bits per heavy atom. The Hall–Kier alpha value is -1.20. The van der Waals surface area contributed by atoms with Gasteiger partial charge in [-0.2, -0.15) is 0 Å². The molecule has 1 saturated carbocycles. The van der Waals surface area contributed by atoms with Gasteiger partial charge >= 0.3 is 0 Å². The smallest absolute Gasteiger partial charge is 0.223 e. The van der Waals surface area contributed by atoms with E-state index in [0.29, 0.717) is 24.4 Å². The van der Waals surface area contributed by atoms with Gasteiger partial charge in [-0.25, -0.2) is 8.78 Å². The molecule has 2 fully saturated rings. The molecule has 20 heavy (non-hydrogen) atoms. The lowest BCUT2D eigenvalue weighted by molar-refractivity contribution is -0.122. The van der Waals surface area contributed by atoms with Gasteiger partial charge in [-0.3, -0.25) is 4.79 Å². The zero-order chi connectivity index (χ0) is 13.4. The Bertz CT molecular complexity index is 508. The second kappa shape index (κ2) is 6.06. The first-order valence-electron chi connectivity index (χ1n) is 6.58. The quantitative estimate of drug-likeness (QED) is 0.891. The number of carbonyl (C=O) groups is 1. The molecule has 0 spiro atoms. The molecule has 0 radical (unpaired) electrons. The lowest BCUT2D eigenvalue weighted by Crippen LogP contribution is -2.48. The van der Waals surface area contributed by atoms with E-state index < -0.39 is 11.6 Å². The van der Waals surface area contributed by atoms with E-state index in [2.05, 4.69) is 10.6 Å². The van der Waals surface area contributed by atoms with Crippen LogP contribution in [0.3, 0.4) is 0 Å². The molecular formula is C14H17ClF2N2O. The van der Waals surface area contributed by atoms with Crippen LogP contribution in [-0.4, -0.2) is 25.5 Å². The summed E-state index contributed by atoms with van der Waals surface area (Å²) in [4.78, 5) is 11.9. The molecule has 2 atom stereocenters. The molecule has 1 aromatic carbocycles. The van der Waals surface area contributed by atoms with Crippen molar-refractivity contribution in [3.8, 4) is 0 Å². The topological polar surface area (TPSA) is 41.1 Å². The lowest BCUT2D eigenvalue weighted by Gasteiger charge is -2.27. The second-order valence-electron chi connectivity index (χ2n) is 5.38. The number of hydrogen-bond donors (Lipinski definition) is 2. The average Bonchev–Trinajstić information content (AvgIpc) is 3.06. The standard InChI is InChI=1S/C14H16F2N2O.ClH/c15-9-1-2-10(13(16)3-9)11-4-12(11)14(19)18-7-8-5-17-6-8;/h1-3,8,11-12,17H,4-7H2,(H,18,19);1H. The molecule has 0 aromatic heterocycles. The van der Waals surface area contributed by atoms with E-state index in [0.717, 1.165) is 19.2 Å². The van der Waals surface area contributed by atoms with Crippen LogP contribution in [0.5, 0.6) is 0 Å². The zero-order valence-electron chi connectivity index (χ0n) is 10.9. The highest BCUT2D eigenvalue weighted by molar-refractivity contribution is 5.85. The zero-order valence-corrected chi connectivity index (χ0v) is 11.7. The third kappa shape index (κ3) is 3.10. The molecule has 3 rings (SSSR count). The molecule has 0 bridgehead atoms. The van der Waals surface area contributed by atoms with E-state index in [-0.39, 0.29) is 30.2 Å². The summed E-state index contributed by atoms with van der Waals surface area (Å²) >= 11 is 0. The maximum Gasteiger partial charge on any atom is 0.223 e. The highest BCUT2D eigenvalue weighted by Gasteiger charge is 2.45. The van der Waals surface area contributed by atoms with Crippen LogP contribution < -0.4 is 10.6 Å². The Balaban J connectivity index is 0.00000147. The minimum atomic E-state index is -0.583. The number of nitrogens with one attached hydrogen (secondary N) is 2. The predicted molar refractivity (Wildman–Crippen MR) is 73.8 cm³/mol. The normalized spacial score (nSPS) is 24.5. The van der Waals surface area contributed by atoms with Crippen molar-refractivity contribution < 1.29 is 13.6 Å². The van der Waals surface area contributed by atoms with Crippen LogP contribution in [0.25, 0.3) is 0 Å². The third-order valence-electron chi connectivity index (χ3n) is 3.92. The molecular weight excluding hydrogens is 286 g/mol. The van der Waals surface area contributed by atoms with Gasteiger partial charge in [-0.1, -0.05) is 6.07 Å². The maximum atomic E-state index is 13.6. The summed E-state index contributed by atoms with van der Waals surface area (Å²) in [5.74, 6) is -0.888. The number of rotatable bonds is 4. The molecule has 1 heterocycles. The summed E-state index contributed by atoms with van der Waals surface area (Å²) in [5, 5.41) is 6.04. The molecule has 110 valence electrons. The van der Waals surface area contributed by atoms with E-state index in [4.69, 9.17) is 0 Å². The van der Waals surface area contributed by atoms with Crippen molar-refractivity contribution in [2.75, 3.05) is 19.6 Å². The van der Waals surface area contributed by atoms with Gasteiger partial charge in [0.15, 0.2) is 0 Å². The first-order chi connectivity index (χ1) is 9.15. The molecule has 1 aliphatic heterocycles. The highest BCUT2D eigenvalue weighted by Crippen LogP contribution is 2.48. The Morgan fingerprint density at radius 1 is 1.35 bits per heavy atom. The number of carbonyl (C=O) groups excluding carboxylic acids is 1. The molecule has 6 heteroatoms. The van der Waals surface area contributed by atoms with Crippen molar-refractivity contribution in [3.05, 3.63) is 35.4 Å². The summed E-state index contributed by atoms with van der Waals surface area (Å²) in [5.41, 5.74) is 0.451. The Labute approximate surface area is 122 Å². The first-order valence-corrected chi connectivity index (χ1v) is 6.58. The van der Waals surface area contributed by atoms with Gasteiger partial charge in [0, 0.05) is 37.5 Å². The predicted octanol–water partition coefficient (Wildman–Crippen LogP) is 1.83. The van der Waals surface area contributed by atoms with Gasteiger partial charge in [0.25, 0.3) is 0 Å². The number of amides is 1. The lowest BCUT2D eigenvalue weighted by atomic mass is 10.0. The summed E-state index contributed by atoms with van der Waals surface area (Å²) in [6.45, 7) is 2.57. The van der Waals surface area contributed by atoms with Crippen LogP contribution in [0.15, 0.2) is 18.2 Å². The second-order valence-corrected chi connectivity index (χ2v) is 5.38. The number of hydrogen-bond acceptors (Lipinski definition) is 2. The minimum Gasteiger partial charge on any atom is -0.355 e. The van der Waals surface area contributed by atoms with E-state index in [1.807, 2.05) is 0 Å². The first kappa shape index (κ1) is 15.2. The molecule has 2 aliphatic rings. The summed E-state index contributed by atoms with van der Waals surface area (Å²) < 4.78 is 26.4. The van der Waals surface area contributed by atoms with Crippen molar-refractivity contribution in [1.29, 1.82) is 0 Å². The molecule has 1 aliphatic carbocycles. The molecule has 2 N–H and O–H groups in total.